The topological polar surface area (TPSA) is 67.5 Å². The van der Waals surface area contributed by atoms with Crippen LogP contribution in [0.15, 0.2) is 29.4 Å². The van der Waals surface area contributed by atoms with E-state index in [2.05, 4.69) is 10.5 Å². The van der Waals surface area contributed by atoms with Crippen molar-refractivity contribution in [2.24, 2.45) is 10.8 Å². The van der Waals surface area contributed by atoms with Crippen LogP contribution in [0.4, 0.5) is 0 Å². The maximum atomic E-state index is 10.8. The van der Waals surface area contributed by atoms with Crippen LogP contribution in [0.25, 0.3) is 0 Å². The second-order valence-electron chi connectivity index (χ2n) is 2.94. The van der Waals surface area contributed by atoms with Gasteiger partial charge in [0.1, 0.15) is 0 Å². The molecule has 13 heavy (non-hydrogen) atoms. The van der Waals surface area contributed by atoms with Gasteiger partial charge in [0.05, 0.1) is 6.21 Å². The molecule has 1 aliphatic heterocycles. The minimum absolute atomic E-state index is 0.655. The van der Waals surface area contributed by atoms with Crippen molar-refractivity contribution in [2.45, 2.75) is 5.66 Å². The van der Waals surface area contributed by atoms with Crippen LogP contribution in [-0.2, 0) is 10.5 Å². The van der Waals surface area contributed by atoms with Gasteiger partial charge < -0.3 is 0 Å². The number of aldehydes is 1. The van der Waals surface area contributed by atoms with Crippen LogP contribution in [0.1, 0.15) is 11.1 Å². The monoisotopic (exact) mass is 175 g/mol. The van der Waals surface area contributed by atoms with E-state index in [1.54, 1.807) is 6.21 Å². The standard InChI is InChI=1S/C9H9N3O/c10-9(6-13)8-4-2-1-3-7(8)5-11-12-9/h1-6,12H,10H2. The third kappa shape index (κ3) is 1.11. The maximum absolute atomic E-state index is 10.8. The van der Waals surface area contributed by atoms with Crippen molar-refractivity contribution in [2.75, 3.05) is 0 Å². The van der Waals surface area contributed by atoms with Crippen LogP contribution in [0.3, 0.4) is 0 Å². The SMILES string of the molecule is NC1(C=O)NN=Cc2ccccc21. The molecule has 1 aliphatic rings. The van der Waals surface area contributed by atoms with E-state index in [-0.39, 0.29) is 0 Å². The van der Waals surface area contributed by atoms with Crippen LogP contribution < -0.4 is 11.2 Å². The fourth-order valence-electron chi connectivity index (χ4n) is 1.35. The Morgan fingerprint density at radius 2 is 2.23 bits per heavy atom. The molecule has 1 heterocycles. The number of benzene rings is 1. The number of nitrogens with zero attached hydrogens (tertiary/aromatic N) is 1. The van der Waals surface area contributed by atoms with E-state index in [0.29, 0.717) is 6.29 Å². The molecule has 0 bridgehead atoms. The summed E-state index contributed by atoms with van der Waals surface area (Å²) in [4.78, 5) is 10.8. The van der Waals surface area contributed by atoms with E-state index in [0.717, 1.165) is 11.1 Å². The first-order valence-corrected chi connectivity index (χ1v) is 3.91. The summed E-state index contributed by atoms with van der Waals surface area (Å²) in [6.45, 7) is 0. The summed E-state index contributed by atoms with van der Waals surface area (Å²) in [5.41, 5.74) is 8.80. The van der Waals surface area contributed by atoms with E-state index >= 15 is 0 Å². The average Bonchev–Trinajstić information content (AvgIpc) is 2.19. The molecule has 3 N–H and O–H groups in total. The second kappa shape index (κ2) is 2.67. The van der Waals surface area contributed by atoms with Gasteiger partial charge in [0.2, 0.25) is 0 Å². The Balaban J connectivity index is 2.61. The Morgan fingerprint density at radius 1 is 1.46 bits per heavy atom. The van der Waals surface area contributed by atoms with Crippen molar-refractivity contribution >= 4 is 12.5 Å². The van der Waals surface area contributed by atoms with E-state index in [9.17, 15) is 4.79 Å². The predicted molar refractivity (Wildman–Crippen MR) is 49.1 cm³/mol. The van der Waals surface area contributed by atoms with Gasteiger partial charge in [0.25, 0.3) is 0 Å². The van der Waals surface area contributed by atoms with E-state index in [1.807, 2.05) is 24.3 Å². The third-order valence-electron chi connectivity index (χ3n) is 2.05. The largest absolute Gasteiger partial charge is 0.299 e. The highest BCUT2D eigenvalue weighted by molar-refractivity contribution is 5.86. The summed E-state index contributed by atoms with van der Waals surface area (Å²) in [6, 6.07) is 7.39. The lowest BCUT2D eigenvalue weighted by Crippen LogP contribution is -2.51. The van der Waals surface area contributed by atoms with Gasteiger partial charge >= 0.3 is 0 Å². The van der Waals surface area contributed by atoms with Crippen LogP contribution >= 0.6 is 0 Å². The minimum Gasteiger partial charge on any atom is -0.299 e. The Hall–Kier alpha value is -1.68. The lowest BCUT2D eigenvalue weighted by Gasteiger charge is -2.27. The van der Waals surface area contributed by atoms with Gasteiger partial charge in [-0.25, -0.2) is 0 Å². The van der Waals surface area contributed by atoms with E-state index in [4.69, 9.17) is 5.73 Å². The molecule has 0 saturated heterocycles. The first-order valence-electron chi connectivity index (χ1n) is 3.91. The molecule has 4 nitrogen and oxygen atoms in total. The highest BCUT2D eigenvalue weighted by Crippen LogP contribution is 2.19. The number of hydrazone groups is 1. The van der Waals surface area contributed by atoms with Crippen molar-refractivity contribution in [1.29, 1.82) is 0 Å². The quantitative estimate of drug-likeness (QED) is 0.587. The molecule has 0 aromatic heterocycles. The highest BCUT2D eigenvalue weighted by atomic mass is 16.1. The smallest absolute Gasteiger partial charge is 0.185 e. The zero-order valence-electron chi connectivity index (χ0n) is 6.90. The lowest BCUT2D eigenvalue weighted by molar-refractivity contribution is -0.113. The predicted octanol–water partition coefficient (Wildman–Crippen LogP) is -0.0659. The second-order valence-corrected chi connectivity index (χ2v) is 2.94. The van der Waals surface area contributed by atoms with Crippen LogP contribution in [-0.4, -0.2) is 12.5 Å². The van der Waals surface area contributed by atoms with E-state index < -0.39 is 5.66 Å². The zero-order chi connectivity index (χ0) is 9.31. The van der Waals surface area contributed by atoms with Crippen molar-refractivity contribution in [3.8, 4) is 0 Å². The first-order chi connectivity index (χ1) is 6.26. The lowest BCUT2D eigenvalue weighted by atomic mass is 9.96. The minimum atomic E-state index is -1.18. The summed E-state index contributed by atoms with van der Waals surface area (Å²) in [5.74, 6) is 0. The summed E-state index contributed by atoms with van der Waals surface area (Å²) >= 11 is 0. The van der Waals surface area contributed by atoms with E-state index in [1.165, 1.54) is 0 Å². The molecule has 1 aromatic rings. The number of fused-ring (bicyclic) bond motifs is 1. The Kier molecular flexibility index (Phi) is 1.63. The molecule has 0 radical (unpaired) electrons. The van der Waals surface area contributed by atoms with Gasteiger partial charge in [0, 0.05) is 11.1 Å². The third-order valence-corrected chi connectivity index (χ3v) is 2.05. The Labute approximate surface area is 75.4 Å². The molecule has 4 heteroatoms. The fourth-order valence-corrected chi connectivity index (χ4v) is 1.35. The summed E-state index contributed by atoms with van der Waals surface area (Å²) in [6.07, 6.45) is 2.30. The van der Waals surface area contributed by atoms with Crippen molar-refractivity contribution in [3.05, 3.63) is 35.4 Å². The molecular weight excluding hydrogens is 166 g/mol. The molecular formula is C9H9N3O. The summed E-state index contributed by atoms with van der Waals surface area (Å²) in [5, 5.41) is 3.81. The van der Waals surface area contributed by atoms with Crippen molar-refractivity contribution in [1.82, 2.24) is 5.43 Å². The number of carbonyl (C=O) groups excluding carboxylic acids is 1. The molecule has 66 valence electrons. The highest BCUT2D eigenvalue weighted by Gasteiger charge is 2.30. The van der Waals surface area contributed by atoms with Gasteiger partial charge in [-0.05, 0) is 0 Å². The molecule has 2 rings (SSSR count). The molecule has 0 fully saturated rings. The Bertz CT molecular complexity index is 375. The Morgan fingerprint density at radius 3 is 3.00 bits per heavy atom. The van der Waals surface area contributed by atoms with Gasteiger partial charge in [-0.2, -0.15) is 5.10 Å². The number of nitrogens with two attached hydrogens (primary N) is 1. The first kappa shape index (κ1) is 7.94. The number of nitrogens with one attached hydrogen (secondary N) is 1. The van der Waals surface area contributed by atoms with Gasteiger partial charge in [-0.15, -0.1) is 0 Å². The fraction of sp³-hybridized carbons (Fsp3) is 0.111. The number of rotatable bonds is 1. The van der Waals surface area contributed by atoms with Crippen LogP contribution in [0.5, 0.6) is 0 Å². The molecule has 0 amide bonds. The number of hydrogen-bond acceptors (Lipinski definition) is 4. The van der Waals surface area contributed by atoms with Crippen LogP contribution in [0.2, 0.25) is 0 Å². The number of carbonyl (C=O) groups is 1. The summed E-state index contributed by atoms with van der Waals surface area (Å²) in [7, 11) is 0. The molecule has 1 unspecified atom stereocenters. The molecule has 0 spiro atoms. The maximum Gasteiger partial charge on any atom is 0.185 e. The van der Waals surface area contributed by atoms with Gasteiger partial charge in [-0.1, -0.05) is 24.3 Å². The molecule has 1 atom stereocenters. The van der Waals surface area contributed by atoms with Gasteiger partial charge in [-0.3, -0.25) is 16.0 Å². The van der Waals surface area contributed by atoms with Crippen LogP contribution in [0, 0.1) is 0 Å². The average molecular weight is 175 g/mol. The van der Waals surface area contributed by atoms with Crippen molar-refractivity contribution < 1.29 is 4.79 Å². The van der Waals surface area contributed by atoms with Crippen molar-refractivity contribution in [3.63, 3.8) is 0 Å². The van der Waals surface area contributed by atoms with Gasteiger partial charge in [0.15, 0.2) is 11.9 Å². The molecule has 0 saturated carbocycles. The number of hydrogen-bond donors (Lipinski definition) is 2. The molecule has 0 aliphatic carbocycles. The molecule has 1 aromatic carbocycles. The zero-order valence-corrected chi connectivity index (χ0v) is 6.90. The normalized spacial score (nSPS) is 24.7. The summed E-state index contributed by atoms with van der Waals surface area (Å²) < 4.78 is 0.